The van der Waals surface area contributed by atoms with Gasteiger partial charge in [-0.15, -0.1) is 0 Å². The molecule has 1 aliphatic heterocycles. The second-order valence-corrected chi connectivity index (χ2v) is 4.89. The quantitative estimate of drug-likeness (QED) is 0.825. The average Bonchev–Trinajstić information content (AvgIpc) is 2.33. The molecule has 0 radical (unpaired) electrons. The van der Waals surface area contributed by atoms with E-state index < -0.39 is 0 Å². The van der Waals surface area contributed by atoms with Gasteiger partial charge in [0, 0.05) is 31.0 Å². The van der Waals surface area contributed by atoms with Gasteiger partial charge in [-0.25, -0.2) is 0 Å². The molecular formula is C13H21N3. The molecule has 0 saturated carbocycles. The highest BCUT2D eigenvalue weighted by Gasteiger charge is 2.26. The van der Waals surface area contributed by atoms with Crippen molar-refractivity contribution in [2.24, 2.45) is 11.7 Å². The highest BCUT2D eigenvalue weighted by molar-refractivity contribution is 5.13. The summed E-state index contributed by atoms with van der Waals surface area (Å²) in [6, 6.07) is 4.87. The SMILES string of the molecule is CC1CCN(C(C)c2cccnc2)CC1N. The minimum Gasteiger partial charge on any atom is -0.326 e. The van der Waals surface area contributed by atoms with E-state index in [0.717, 1.165) is 13.1 Å². The van der Waals surface area contributed by atoms with Crippen LogP contribution in [0, 0.1) is 5.92 Å². The van der Waals surface area contributed by atoms with Crippen LogP contribution in [0.2, 0.25) is 0 Å². The summed E-state index contributed by atoms with van der Waals surface area (Å²) >= 11 is 0. The fourth-order valence-electron chi connectivity index (χ4n) is 2.31. The van der Waals surface area contributed by atoms with Crippen molar-refractivity contribution in [2.75, 3.05) is 13.1 Å². The second kappa shape index (κ2) is 4.93. The fourth-order valence-corrected chi connectivity index (χ4v) is 2.31. The summed E-state index contributed by atoms with van der Waals surface area (Å²) in [6.45, 7) is 6.62. The smallest absolute Gasteiger partial charge is 0.0335 e. The molecular weight excluding hydrogens is 198 g/mol. The minimum absolute atomic E-state index is 0.313. The average molecular weight is 219 g/mol. The summed E-state index contributed by atoms with van der Waals surface area (Å²) in [6.07, 6.45) is 4.97. The second-order valence-electron chi connectivity index (χ2n) is 4.89. The molecule has 2 rings (SSSR count). The Balaban J connectivity index is 2.03. The van der Waals surface area contributed by atoms with E-state index in [4.69, 9.17) is 5.73 Å². The number of nitrogens with two attached hydrogens (primary N) is 1. The molecule has 3 atom stereocenters. The van der Waals surface area contributed by atoms with Crippen LogP contribution in [-0.2, 0) is 0 Å². The molecule has 0 aromatic carbocycles. The molecule has 0 bridgehead atoms. The molecule has 3 unspecified atom stereocenters. The standard InChI is InChI=1S/C13H21N3/c1-10-5-7-16(9-13(10)14)11(2)12-4-3-6-15-8-12/h3-4,6,8,10-11,13H,5,7,9,14H2,1-2H3. The van der Waals surface area contributed by atoms with Crippen molar-refractivity contribution >= 4 is 0 Å². The zero-order valence-electron chi connectivity index (χ0n) is 10.1. The van der Waals surface area contributed by atoms with Gasteiger partial charge in [-0.3, -0.25) is 9.88 Å². The Morgan fingerprint density at radius 2 is 2.38 bits per heavy atom. The third kappa shape index (κ3) is 2.42. The Morgan fingerprint density at radius 3 is 3.00 bits per heavy atom. The number of aromatic nitrogens is 1. The maximum Gasteiger partial charge on any atom is 0.0335 e. The zero-order valence-corrected chi connectivity index (χ0v) is 10.1. The van der Waals surface area contributed by atoms with E-state index >= 15 is 0 Å². The van der Waals surface area contributed by atoms with E-state index in [0.29, 0.717) is 18.0 Å². The first-order valence-corrected chi connectivity index (χ1v) is 6.08. The van der Waals surface area contributed by atoms with Crippen LogP contribution in [0.1, 0.15) is 31.9 Å². The number of pyridine rings is 1. The van der Waals surface area contributed by atoms with Crippen LogP contribution >= 0.6 is 0 Å². The summed E-state index contributed by atoms with van der Waals surface area (Å²) in [5.41, 5.74) is 7.41. The van der Waals surface area contributed by atoms with Gasteiger partial charge in [0.05, 0.1) is 0 Å². The van der Waals surface area contributed by atoms with E-state index in [1.54, 1.807) is 0 Å². The van der Waals surface area contributed by atoms with E-state index in [-0.39, 0.29) is 0 Å². The van der Waals surface area contributed by atoms with Crippen molar-refractivity contribution in [3.8, 4) is 0 Å². The van der Waals surface area contributed by atoms with Crippen molar-refractivity contribution in [1.29, 1.82) is 0 Å². The Kier molecular flexibility index (Phi) is 3.56. The van der Waals surface area contributed by atoms with Crippen LogP contribution in [-0.4, -0.2) is 29.0 Å². The Labute approximate surface area is 97.7 Å². The summed E-state index contributed by atoms with van der Waals surface area (Å²) in [5.74, 6) is 0.650. The topological polar surface area (TPSA) is 42.2 Å². The lowest BCUT2D eigenvalue weighted by molar-refractivity contribution is 0.128. The van der Waals surface area contributed by atoms with Crippen molar-refractivity contribution in [3.63, 3.8) is 0 Å². The molecule has 2 N–H and O–H groups in total. The highest BCUT2D eigenvalue weighted by atomic mass is 15.2. The predicted molar refractivity (Wildman–Crippen MR) is 66.0 cm³/mol. The molecule has 0 aliphatic carbocycles. The minimum atomic E-state index is 0.313. The maximum atomic E-state index is 6.13. The van der Waals surface area contributed by atoms with Crippen molar-refractivity contribution < 1.29 is 0 Å². The predicted octanol–water partition coefficient (Wildman–Crippen LogP) is 1.81. The summed E-state index contributed by atoms with van der Waals surface area (Å²) in [5, 5.41) is 0. The molecule has 1 aliphatic rings. The van der Waals surface area contributed by atoms with Gasteiger partial charge in [-0.1, -0.05) is 13.0 Å². The first-order valence-electron chi connectivity index (χ1n) is 6.08. The van der Waals surface area contributed by atoms with Gasteiger partial charge in [-0.2, -0.15) is 0 Å². The third-order valence-electron chi connectivity index (χ3n) is 3.76. The van der Waals surface area contributed by atoms with Crippen molar-refractivity contribution in [1.82, 2.24) is 9.88 Å². The summed E-state index contributed by atoms with van der Waals surface area (Å²) < 4.78 is 0. The van der Waals surface area contributed by atoms with Crippen molar-refractivity contribution in [3.05, 3.63) is 30.1 Å². The van der Waals surface area contributed by atoms with Crippen LogP contribution < -0.4 is 5.73 Å². The number of hydrogen-bond acceptors (Lipinski definition) is 3. The van der Waals surface area contributed by atoms with Gasteiger partial charge < -0.3 is 5.73 Å². The Morgan fingerprint density at radius 1 is 1.56 bits per heavy atom. The molecule has 1 aromatic rings. The third-order valence-corrected chi connectivity index (χ3v) is 3.76. The normalized spacial score (nSPS) is 28.9. The number of likely N-dealkylation sites (tertiary alicyclic amines) is 1. The lowest BCUT2D eigenvalue weighted by Crippen LogP contribution is -2.48. The summed E-state index contributed by atoms with van der Waals surface area (Å²) in [7, 11) is 0. The maximum absolute atomic E-state index is 6.13. The summed E-state index contributed by atoms with van der Waals surface area (Å²) in [4.78, 5) is 6.64. The molecule has 16 heavy (non-hydrogen) atoms. The van der Waals surface area contributed by atoms with Crippen molar-refractivity contribution in [2.45, 2.75) is 32.4 Å². The fraction of sp³-hybridized carbons (Fsp3) is 0.615. The van der Waals surface area contributed by atoms with Gasteiger partial charge in [0.2, 0.25) is 0 Å². The van der Waals surface area contributed by atoms with Gasteiger partial charge in [0.1, 0.15) is 0 Å². The lowest BCUT2D eigenvalue weighted by atomic mass is 9.92. The van der Waals surface area contributed by atoms with Crippen LogP contribution in [0.25, 0.3) is 0 Å². The van der Waals surface area contributed by atoms with Crippen LogP contribution in [0.4, 0.5) is 0 Å². The molecule has 1 saturated heterocycles. The molecule has 88 valence electrons. The molecule has 3 heteroatoms. The lowest BCUT2D eigenvalue weighted by Gasteiger charge is -2.38. The first-order chi connectivity index (χ1) is 7.68. The highest BCUT2D eigenvalue weighted by Crippen LogP contribution is 2.25. The Hall–Kier alpha value is -0.930. The van der Waals surface area contributed by atoms with Gasteiger partial charge in [0.25, 0.3) is 0 Å². The molecule has 0 amide bonds. The number of piperidine rings is 1. The van der Waals surface area contributed by atoms with E-state index in [1.165, 1.54) is 12.0 Å². The van der Waals surface area contributed by atoms with Gasteiger partial charge in [-0.05, 0) is 37.4 Å². The number of nitrogens with zero attached hydrogens (tertiary/aromatic N) is 2. The largest absolute Gasteiger partial charge is 0.326 e. The zero-order chi connectivity index (χ0) is 11.5. The monoisotopic (exact) mass is 219 g/mol. The van der Waals surface area contributed by atoms with Gasteiger partial charge >= 0.3 is 0 Å². The van der Waals surface area contributed by atoms with Crippen LogP contribution in [0.5, 0.6) is 0 Å². The van der Waals surface area contributed by atoms with Crippen LogP contribution in [0.15, 0.2) is 24.5 Å². The number of hydrogen-bond donors (Lipinski definition) is 1. The molecule has 2 heterocycles. The number of rotatable bonds is 2. The molecule has 1 aromatic heterocycles. The van der Waals surface area contributed by atoms with Gasteiger partial charge in [0.15, 0.2) is 0 Å². The van der Waals surface area contributed by atoms with E-state index in [9.17, 15) is 0 Å². The van der Waals surface area contributed by atoms with E-state index in [2.05, 4.69) is 29.8 Å². The first kappa shape index (κ1) is 11.6. The van der Waals surface area contributed by atoms with Crippen LogP contribution in [0.3, 0.4) is 0 Å². The molecule has 0 spiro atoms. The van der Waals surface area contributed by atoms with E-state index in [1.807, 2.05) is 18.5 Å². The Bertz CT molecular complexity index is 325. The molecule has 3 nitrogen and oxygen atoms in total. The molecule has 1 fully saturated rings.